The molecular formula is C35H47N5O3S. The molecule has 0 aliphatic carbocycles. The summed E-state index contributed by atoms with van der Waals surface area (Å²) >= 11 is 1.73. The quantitative estimate of drug-likeness (QED) is 0.307. The normalized spacial score (nSPS) is 21.7. The van der Waals surface area contributed by atoms with Crippen LogP contribution in [0.25, 0.3) is 21.5 Å². The van der Waals surface area contributed by atoms with Crippen molar-refractivity contribution in [1.82, 2.24) is 20.1 Å². The van der Waals surface area contributed by atoms with Crippen LogP contribution in [0, 0.1) is 19.8 Å². The lowest BCUT2D eigenvalue weighted by atomic mass is 9.88. The maximum absolute atomic E-state index is 13.9. The molecule has 3 saturated heterocycles. The standard InChI is InChI=1S/C35H47N5O3S/c1-20-16-21(2)18-24(17-20)30-27(12-15-39-13-10-23(11-14-39)32(42)37-22(3)31(36)41)28-19-29(44-33(28)38-30)35(4,5)34(43)40-25-6-7-26(40)9-8-25/h16-19,22-23,25-26,38H,6-15H2,1-5H3,(H2,36,41)(H,37,42)/t22-,25?,26?/m0/s1. The number of H-pyrrole nitrogens is 1. The number of carbonyl (C=O) groups excluding carboxylic acids is 3. The number of aromatic nitrogens is 1. The molecule has 6 rings (SSSR count). The summed E-state index contributed by atoms with van der Waals surface area (Å²) in [7, 11) is 0. The van der Waals surface area contributed by atoms with E-state index < -0.39 is 17.4 Å². The largest absolute Gasteiger partial charge is 0.368 e. The summed E-state index contributed by atoms with van der Waals surface area (Å²) in [5.74, 6) is -0.409. The van der Waals surface area contributed by atoms with Crippen LogP contribution in [0.1, 0.15) is 80.9 Å². The molecule has 0 radical (unpaired) electrons. The molecule has 0 saturated carbocycles. The molecule has 0 unspecified atom stereocenters. The Bertz CT molecular complexity index is 1540. The SMILES string of the molecule is Cc1cc(C)cc(-c2[nH]c3sc(C(C)(C)C(=O)N4C5CCC4CC5)cc3c2CCN2CCC(C(=O)N[C@@H](C)C(N)=O)CC2)c1. The first-order valence-corrected chi connectivity index (χ1v) is 17.1. The Balaban J connectivity index is 1.23. The van der Waals surface area contributed by atoms with Gasteiger partial charge in [-0.1, -0.05) is 17.2 Å². The number of primary amides is 1. The van der Waals surface area contributed by atoms with Gasteiger partial charge < -0.3 is 25.8 Å². The van der Waals surface area contributed by atoms with Gasteiger partial charge in [0.05, 0.1) is 11.1 Å². The van der Waals surface area contributed by atoms with Gasteiger partial charge in [0, 0.05) is 34.8 Å². The second-order valence-corrected chi connectivity index (χ2v) is 15.1. The number of amides is 3. The monoisotopic (exact) mass is 617 g/mol. The van der Waals surface area contributed by atoms with Crippen molar-refractivity contribution in [2.24, 2.45) is 11.7 Å². The van der Waals surface area contributed by atoms with Gasteiger partial charge in [0.2, 0.25) is 17.7 Å². The van der Waals surface area contributed by atoms with E-state index in [0.717, 1.165) is 74.3 Å². The van der Waals surface area contributed by atoms with Gasteiger partial charge in [-0.05, 0) is 122 Å². The van der Waals surface area contributed by atoms with Crippen molar-refractivity contribution in [3.8, 4) is 11.3 Å². The van der Waals surface area contributed by atoms with Gasteiger partial charge in [-0.25, -0.2) is 0 Å². The topological polar surface area (TPSA) is 112 Å². The number of thiophene rings is 1. The number of fused-ring (bicyclic) bond motifs is 3. The van der Waals surface area contributed by atoms with Crippen molar-refractivity contribution >= 4 is 39.3 Å². The molecular weight excluding hydrogens is 570 g/mol. The number of aromatic amines is 1. The van der Waals surface area contributed by atoms with Crippen LogP contribution in [-0.2, 0) is 26.2 Å². The average molecular weight is 618 g/mol. The smallest absolute Gasteiger partial charge is 0.239 e. The molecule has 0 spiro atoms. The summed E-state index contributed by atoms with van der Waals surface area (Å²) in [6.45, 7) is 12.7. The lowest BCUT2D eigenvalue weighted by Gasteiger charge is -2.32. The van der Waals surface area contributed by atoms with Gasteiger partial charge >= 0.3 is 0 Å². The van der Waals surface area contributed by atoms with E-state index in [1.807, 2.05) is 0 Å². The number of hydrogen-bond donors (Lipinski definition) is 3. The summed E-state index contributed by atoms with van der Waals surface area (Å²) in [5, 5.41) is 3.98. The molecule has 8 nitrogen and oxygen atoms in total. The third kappa shape index (κ3) is 5.81. The Labute approximate surface area is 264 Å². The Kier molecular flexibility index (Phi) is 8.39. The van der Waals surface area contributed by atoms with E-state index in [4.69, 9.17) is 5.73 Å². The van der Waals surface area contributed by atoms with Gasteiger partial charge in [-0.15, -0.1) is 11.3 Å². The molecule has 3 aliphatic rings. The zero-order chi connectivity index (χ0) is 31.3. The molecule has 236 valence electrons. The van der Waals surface area contributed by atoms with Crippen LogP contribution in [-0.4, -0.2) is 70.3 Å². The zero-order valence-electron chi connectivity index (χ0n) is 26.8. The van der Waals surface area contributed by atoms with Crippen LogP contribution in [0.5, 0.6) is 0 Å². The predicted octanol–water partition coefficient (Wildman–Crippen LogP) is 5.19. The highest BCUT2D eigenvalue weighted by Gasteiger charge is 2.47. The Morgan fingerprint density at radius 1 is 1.00 bits per heavy atom. The third-order valence-electron chi connectivity index (χ3n) is 10.4. The lowest BCUT2D eigenvalue weighted by Crippen LogP contribution is -2.47. The molecule has 3 fully saturated rings. The van der Waals surface area contributed by atoms with E-state index in [2.05, 4.69) is 72.1 Å². The molecule has 3 aromatic rings. The van der Waals surface area contributed by atoms with Crippen molar-refractivity contribution < 1.29 is 14.4 Å². The molecule has 5 heterocycles. The maximum Gasteiger partial charge on any atom is 0.239 e. The maximum atomic E-state index is 13.9. The Morgan fingerprint density at radius 2 is 1.61 bits per heavy atom. The zero-order valence-corrected chi connectivity index (χ0v) is 27.6. The minimum atomic E-state index is -0.651. The van der Waals surface area contributed by atoms with Gasteiger partial charge in [0.1, 0.15) is 10.9 Å². The van der Waals surface area contributed by atoms with Gasteiger partial charge in [-0.3, -0.25) is 14.4 Å². The van der Waals surface area contributed by atoms with Crippen molar-refractivity contribution in [2.75, 3.05) is 19.6 Å². The Hall–Kier alpha value is -3.17. The Morgan fingerprint density at radius 3 is 2.20 bits per heavy atom. The number of rotatable bonds is 9. The van der Waals surface area contributed by atoms with Crippen LogP contribution < -0.4 is 11.1 Å². The first-order valence-electron chi connectivity index (χ1n) is 16.3. The predicted molar refractivity (Wildman–Crippen MR) is 177 cm³/mol. The van der Waals surface area contributed by atoms with E-state index >= 15 is 0 Å². The highest BCUT2D eigenvalue weighted by molar-refractivity contribution is 7.19. The first-order chi connectivity index (χ1) is 20.9. The molecule has 9 heteroatoms. The lowest BCUT2D eigenvalue weighted by molar-refractivity contribution is -0.137. The van der Waals surface area contributed by atoms with Crippen LogP contribution in [0.3, 0.4) is 0 Å². The second kappa shape index (κ2) is 12.0. The number of carbonyl (C=O) groups is 3. The number of nitrogens with two attached hydrogens (primary N) is 1. The fourth-order valence-electron chi connectivity index (χ4n) is 7.73. The third-order valence-corrected chi connectivity index (χ3v) is 11.7. The summed E-state index contributed by atoms with van der Waals surface area (Å²) in [5.41, 5.74) is 10.9. The van der Waals surface area contributed by atoms with Crippen LogP contribution in [0.15, 0.2) is 24.3 Å². The number of benzene rings is 1. The fraction of sp³-hybridized carbons (Fsp3) is 0.571. The summed E-state index contributed by atoms with van der Waals surface area (Å²) < 4.78 is 0. The highest BCUT2D eigenvalue weighted by atomic mass is 32.1. The van der Waals surface area contributed by atoms with E-state index in [-0.39, 0.29) is 17.7 Å². The van der Waals surface area contributed by atoms with E-state index in [0.29, 0.717) is 12.1 Å². The van der Waals surface area contributed by atoms with Gasteiger partial charge in [-0.2, -0.15) is 0 Å². The van der Waals surface area contributed by atoms with Crippen LogP contribution in [0.4, 0.5) is 0 Å². The molecule has 1 aromatic carbocycles. The van der Waals surface area contributed by atoms with Crippen LogP contribution >= 0.6 is 11.3 Å². The highest BCUT2D eigenvalue weighted by Crippen LogP contribution is 2.44. The van der Waals surface area contributed by atoms with Gasteiger partial charge in [0.25, 0.3) is 0 Å². The molecule has 4 N–H and O–H groups in total. The minimum absolute atomic E-state index is 0.0784. The summed E-state index contributed by atoms with van der Waals surface area (Å²) in [6, 6.07) is 9.18. The van der Waals surface area contributed by atoms with Crippen molar-refractivity contribution in [3.05, 3.63) is 45.8 Å². The number of likely N-dealkylation sites (tertiary alicyclic amines) is 1. The molecule has 3 amide bonds. The number of nitrogens with zero attached hydrogens (tertiary/aromatic N) is 2. The molecule has 2 aromatic heterocycles. The molecule has 44 heavy (non-hydrogen) atoms. The van der Waals surface area contributed by atoms with Crippen molar-refractivity contribution in [2.45, 2.75) is 103 Å². The summed E-state index contributed by atoms with van der Waals surface area (Å²) in [6.07, 6.45) is 7.00. The average Bonchev–Trinajstić information content (AvgIpc) is 3.76. The van der Waals surface area contributed by atoms with Crippen molar-refractivity contribution in [3.63, 3.8) is 0 Å². The van der Waals surface area contributed by atoms with E-state index in [9.17, 15) is 14.4 Å². The van der Waals surface area contributed by atoms with E-state index in [1.165, 1.54) is 33.3 Å². The van der Waals surface area contributed by atoms with E-state index in [1.54, 1.807) is 18.3 Å². The number of piperidine rings is 1. The molecule has 1 atom stereocenters. The van der Waals surface area contributed by atoms with Crippen LogP contribution in [0.2, 0.25) is 0 Å². The molecule has 2 bridgehead atoms. The number of aryl methyl sites for hydroxylation is 2. The van der Waals surface area contributed by atoms with Crippen molar-refractivity contribution in [1.29, 1.82) is 0 Å². The van der Waals surface area contributed by atoms with Gasteiger partial charge in [0.15, 0.2) is 0 Å². The minimum Gasteiger partial charge on any atom is -0.368 e. The number of nitrogens with one attached hydrogen (secondary N) is 2. The number of hydrogen-bond acceptors (Lipinski definition) is 5. The molecule has 3 aliphatic heterocycles. The summed E-state index contributed by atoms with van der Waals surface area (Å²) in [4.78, 5) is 48.7. The first kappa shape index (κ1) is 30.8. The second-order valence-electron chi connectivity index (χ2n) is 14.0. The fourth-order valence-corrected chi connectivity index (χ4v) is 8.91.